The number of anilines is 2. The molecule has 0 aromatic carbocycles. The van der Waals surface area contributed by atoms with Gasteiger partial charge in [-0.25, -0.2) is 9.97 Å². The largest absolute Gasteiger partial charge is 0.394 e. The Bertz CT molecular complexity index is 617. The minimum Gasteiger partial charge on any atom is -0.394 e. The molecule has 1 aliphatic rings. The molecule has 2 aromatic rings. The quantitative estimate of drug-likeness (QED) is 0.807. The average molecular weight is 304 g/mol. The maximum atomic E-state index is 9.41. The van der Waals surface area contributed by atoms with E-state index in [0.29, 0.717) is 24.7 Å². The molecule has 0 bridgehead atoms. The van der Waals surface area contributed by atoms with E-state index in [1.165, 1.54) is 0 Å². The maximum absolute atomic E-state index is 9.41. The fourth-order valence-corrected chi connectivity index (χ4v) is 2.67. The standard InChI is InChI=1S/C14H20N6O2/c1-10-18-14(22-19-10)4-5-15-12-7-13(17-9-16-12)20-6-2-3-11(20)8-21/h7,9,11,21H,2-6,8H2,1H3,(H,15,16,17). The molecule has 0 saturated carbocycles. The van der Waals surface area contributed by atoms with E-state index in [0.717, 1.165) is 31.0 Å². The molecule has 2 N–H and O–H groups in total. The zero-order valence-corrected chi connectivity index (χ0v) is 12.6. The molecule has 22 heavy (non-hydrogen) atoms. The molecule has 1 saturated heterocycles. The topological polar surface area (TPSA) is 100 Å². The third-order valence-electron chi connectivity index (χ3n) is 3.75. The molecule has 1 atom stereocenters. The van der Waals surface area contributed by atoms with Gasteiger partial charge in [-0.2, -0.15) is 4.98 Å². The molecule has 3 heterocycles. The Morgan fingerprint density at radius 2 is 2.36 bits per heavy atom. The van der Waals surface area contributed by atoms with Crippen molar-refractivity contribution in [1.29, 1.82) is 0 Å². The van der Waals surface area contributed by atoms with E-state index in [1.807, 2.05) is 6.07 Å². The van der Waals surface area contributed by atoms with Gasteiger partial charge in [0.05, 0.1) is 12.6 Å². The van der Waals surface area contributed by atoms with E-state index in [2.05, 4.69) is 30.3 Å². The lowest BCUT2D eigenvalue weighted by molar-refractivity contribution is 0.266. The van der Waals surface area contributed by atoms with Crippen molar-refractivity contribution in [2.24, 2.45) is 0 Å². The highest BCUT2D eigenvalue weighted by Crippen LogP contribution is 2.24. The molecule has 2 aromatic heterocycles. The summed E-state index contributed by atoms with van der Waals surface area (Å²) in [6.07, 6.45) is 4.26. The zero-order valence-electron chi connectivity index (χ0n) is 12.6. The van der Waals surface area contributed by atoms with E-state index in [-0.39, 0.29) is 12.6 Å². The van der Waals surface area contributed by atoms with Gasteiger partial charge in [0.2, 0.25) is 5.89 Å². The van der Waals surface area contributed by atoms with Crippen molar-refractivity contribution >= 4 is 11.6 Å². The van der Waals surface area contributed by atoms with Crippen molar-refractivity contribution in [2.75, 3.05) is 29.9 Å². The first kappa shape index (κ1) is 14.7. The van der Waals surface area contributed by atoms with E-state index in [1.54, 1.807) is 13.3 Å². The van der Waals surface area contributed by atoms with E-state index in [4.69, 9.17) is 4.52 Å². The second-order valence-electron chi connectivity index (χ2n) is 5.35. The Morgan fingerprint density at radius 3 is 3.14 bits per heavy atom. The molecule has 8 nitrogen and oxygen atoms in total. The summed E-state index contributed by atoms with van der Waals surface area (Å²) < 4.78 is 5.07. The Morgan fingerprint density at radius 1 is 1.45 bits per heavy atom. The number of aliphatic hydroxyl groups excluding tert-OH is 1. The van der Waals surface area contributed by atoms with Crippen LogP contribution in [0, 0.1) is 6.92 Å². The smallest absolute Gasteiger partial charge is 0.228 e. The van der Waals surface area contributed by atoms with Crippen LogP contribution in [0.25, 0.3) is 0 Å². The van der Waals surface area contributed by atoms with Gasteiger partial charge < -0.3 is 19.8 Å². The van der Waals surface area contributed by atoms with Gasteiger partial charge in [0.1, 0.15) is 18.0 Å². The molecular formula is C14H20N6O2. The number of nitrogens with one attached hydrogen (secondary N) is 1. The highest BCUT2D eigenvalue weighted by atomic mass is 16.5. The molecule has 118 valence electrons. The fraction of sp³-hybridized carbons (Fsp3) is 0.571. The normalized spacial score (nSPS) is 17.9. The van der Waals surface area contributed by atoms with Gasteiger partial charge in [-0.1, -0.05) is 5.16 Å². The summed E-state index contributed by atoms with van der Waals surface area (Å²) in [5.41, 5.74) is 0. The first-order valence-corrected chi connectivity index (χ1v) is 7.49. The van der Waals surface area contributed by atoms with Crippen LogP contribution in [0.3, 0.4) is 0 Å². The molecule has 1 unspecified atom stereocenters. The first-order valence-electron chi connectivity index (χ1n) is 7.49. The summed E-state index contributed by atoms with van der Waals surface area (Å²) in [6, 6.07) is 2.07. The Labute approximate surface area is 128 Å². The van der Waals surface area contributed by atoms with Crippen LogP contribution in [0.15, 0.2) is 16.9 Å². The Balaban J connectivity index is 1.59. The van der Waals surface area contributed by atoms with E-state index >= 15 is 0 Å². The second-order valence-corrected chi connectivity index (χ2v) is 5.35. The Hall–Kier alpha value is -2.22. The first-order chi connectivity index (χ1) is 10.8. The summed E-state index contributed by atoms with van der Waals surface area (Å²) in [4.78, 5) is 14.8. The lowest BCUT2D eigenvalue weighted by atomic mass is 10.2. The Kier molecular flexibility index (Phi) is 4.47. The molecule has 1 aliphatic heterocycles. The summed E-state index contributed by atoms with van der Waals surface area (Å²) in [5.74, 6) is 2.86. The monoisotopic (exact) mass is 304 g/mol. The highest BCUT2D eigenvalue weighted by Gasteiger charge is 2.25. The van der Waals surface area contributed by atoms with Crippen LogP contribution in [0.1, 0.15) is 24.6 Å². The van der Waals surface area contributed by atoms with Crippen molar-refractivity contribution in [3.63, 3.8) is 0 Å². The van der Waals surface area contributed by atoms with Crippen LogP contribution in [-0.2, 0) is 6.42 Å². The molecule has 0 amide bonds. The third kappa shape index (κ3) is 3.33. The molecule has 0 spiro atoms. The fourth-order valence-electron chi connectivity index (χ4n) is 2.67. The van der Waals surface area contributed by atoms with Crippen LogP contribution < -0.4 is 10.2 Å². The summed E-state index contributed by atoms with van der Waals surface area (Å²) in [5, 5.41) is 16.4. The van der Waals surface area contributed by atoms with Gasteiger partial charge in [0.25, 0.3) is 0 Å². The lowest BCUT2D eigenvalue weighted by Gasteiger charge is -2.24. The van der Waals surface area contributed by atoms with Gasteiger partial charge >= 0.3 is 0 Å². The lowest BCUT2D eigenvalue weighted by Crippen LogP contribution is -2.32. The van der Waals surface area contributed by atoms with Crippen LogP contribution in [0.4, 0.5) is 11.6 Å². The predicted octanol–water partition coefficient (Wildman–Crippen LogP) is 0.784. The number of aryl methyl sites for hydroxylation is 1. The molecule has 1 fully saturated rings. The number of hydrogen-bond donors (Lipinski definition) is 2. The van der Waals surface area contributed by atoms with Gasteiger partial charge in [0.15, 0.2) is 5.82 Å². The third-order valence-corrected chi connectivity index (χ3v) is 3.75. The molecule has 8 heteroatoms. The molecule has 0 aliphatic carbocycles. The van der Waals surface area contributed by atoms with Gasteiger partial charge in [0, 0.05) is 25.6 Å². The number of rotatable bonds is 6. The number of aliphatic hydroxyl groups is 1. The zero-order chi connectivity index (χ0) is 15.4. The number of aromatic nitrogens is 4. The van der Waals surface area contributed by atoms with Gasteiger partial charge in [-0.15, -0.1) is 0 Å². The van der Waals surface area contributed by atoms with Crippen LogP contribution in [-0.4, -0.2) is 51.0 Å². The van der Waals surface area contributed by atoms with Crippen molar-refractivity contribution < 1.29 is 9.63 Å². The number of nitrogens with zero attached hydrogens (tertiary/aromatic N) is 5. The van der Waals surface area contributed by atoms with Crippen molar-refractivity contribution in [3.8, 4) is 0 Å². The van der Waals surface area contributed by atoms with Crippen LogP contribution in [0.2, 0.25) is 0 Å². The minimum absolute atomic E-state index is 0.156. The van der Waals surface area contributed by atoms with E-state index in [9.17, 15) is 5.11 Å². The average Bonchev–Trinajstić information content (AvgIpc) is 3.16. The summed E-state index contributed by atoms with van der Waals surface area (Å²) >= 11 is 0. The predicted molar refractivity (Wildman–Crippen MR) is 80.7 cm³/mol. The summed E-state index contributed by atoms with van der Waals surface area (Å²) in [6.45, 7) is 3.53. The van der Waals surface area contributed by atoms with Crippen molar-refractivity contribution in [2.45, 2.75) is 32.2 Å². The van der Waals surface area contributed by atoms with Crippen LogP contribution >= 0.6 is 0 Å². The number of hydrogen-bond acceptors (Lipinski definition) is 8. The SMILES string of the molecule is Cc1noc(CCNc2cc(N3CCCC3CO)ncn2)n1. The molecule has 3 rings (SSSR count). The van der Waals surface area contributed by atoms with Gasteiger partial charge in [-0.3, -0.25) is 0 Å². The maximum Gasteiger partial charge on any atom is 0.228 e. The molecular weight excluding hydrogens is 284 g/mol. The van der Waals surface area contributed by atoms with E-state index < -0.39 is 0 Å². The van der Waals surface area contributed by atoms with Crippen molar-refractivity contribution in [1.82, 2.24) is 20.1 Å². The van der Waals surface area contributed by atoms with Gasteiger partial charge in [-0.05, 0) is 19.8 Å². The minimum atomic E-state index is 0.156. The summed E-state index contributed by atoms with van der Waals surface area (Å²) in [7, 11) is 0. The van der Waals surface area contributed by atoms with Crippen molar-refractivity contribution in [3.05, 3.63) is 24.1 Å². The van der Waals surface area contributed by atoms with Crippen LogP contribution in [0.5, 0.6) is 0 Å². The molecule has 0 radical (unpaired) electrons. The second kappa shape index (κ2) is 6.69. The highest BCUT2D eigenvalue weighted by molar-refractivity contribution is 5.49.